The van der Waals surface area contributed by atoms with E-state index in [2.05, 4.69) is 4.98 Å². The number of alkyl halides is 3. The molecule has 1 atom stereocenters. The number of para-hydroxylation sites is 1. The van der Waals surface area contributed by atoms with Crippen LogP contribution in [0.3, 0.4) is 0 Å². The predicted molar refractivity (Wildman–Crippen MR) is 82.3 cm³/mol. The molecule has 1 aromatic heterocycles. The summed E-state index contributed by atoms with van der Waals surface area (Å²) < 4.78 is 39.8. The molecule has 0 N–H and O–H groups in total. The number of halogens is 3. The van der Waals surface area contributed by atoms with Gasteiger partial charge in [0.25, 0.3) is 5.56 Å². The Morgan fingerprint density at radius 1 is 1.32 bits per heavy atom. The van der Waals surface area contributed by atoms with Gasteiger partial charge in [-0.2, -0.15) is 13.2 Å². The number of hydrogen-bond donors (Lipinski definition) is 0. The summed E-state index contributed by atoms with van der Waals surface area (Å²) in [7, 11) is 0. The first-order chi connectivity index (χ1) is 10.3. The Morgan fingerprint density at radius 3 is 2.64 bits per heavy atom. The van der Waals surface area contributed by atoms with Crippen LogP contribution in [-0.2, 0) is 6.54 Å². The highest BCUT2D eigenvalue weighted by atomic mass is 32.2. The molecular weight excluding hydrogens is 313 g/mol. The molecule has 0 amide bonds. The number of hydrogen-bond acceptors (Lipinski definition) is 3. The maximum Gasteiger partial charge on any atom is 0.400 e. The zero-order valence-corrected chi connectivity index (χ0v) is 13.2. The lowest BCUT2D eigenvalue weighted by atomic mass is 10.2. The van der Waals surface area contributed by atoms with Crippen LogP contribution in [-0.4, -0.2) is 21.0 Å². The molecule has 1 aromatic carbocycles. The van der Waals surface area contributed by atoms with Gasteiger partial charge in [-0.25, -0.2) is 4.98 Å². The molecule has 3 nitrogen and oxygen atoms in total. The van der Waals surface area contributed by atoms with Crippen molar-refractivity contribution in [1.29, 1.82) is 0 Å². The lowest BCUT2D eigenvalue weighted by Gasteiger charge is -2.18. The first-order valence-electron chi connectivity index (χ1n) is 7.07. The zero-order valence-electron chi connectivity index (χ0n) is 12.4. The highest BCUT2D eigenvalue weighted by molar-refractivity contribution is 7.99. The fourth-order valence-corrected chi connectivity index (χ4v) is 2.88. The predicted octanol–water partition coefficient (Wildman–Crippen LogP) is 4.24. The molecular formula is C15H17F3N2OS. The number of rotatable bonds is 5. The molecule has 0 aliphatic carbocycles. The summed E-state index contributed by atoms with van der Waals surface area (Å²) in [6, 6.07) is 6.73. The molecule has 0 aliphatic rings. The minimum Gasteiger partial charge on any atom is -0.287 e. The fraction of sp³-hybridized carbons (Fsp3) is 0.467. The first kappa shape index (κ1) is 16.9. The van der Waals surface area contributed by atoms with Gasteiger partial charge in [-0.1, -0.05) is 37.2 Å². The van der Waals surface area contributed by atoms with E-state index in [9.17, 15) is 18.0 Å². The van der Waals surface area contributed by atoms with Gasteiger partial charge in [-0.05, 0) is 25.5 Å². The standard InChI is InChI=1S/C15H17F3N2OS/c1-3-4-9-20-13(21)11-7-5-6-8-12(11)19-14(20)22-10(2)15(16,17)18/h5-8,10H,3-4,9H2,1-2H3/t10-/m1/s1. The van der Waals surface area contributed by atoms with E-state index in [0.717, 1.165) is 13.3 Å². The Balaban J connectivity index is 2.52. The van der Waals surface area contributed by atoms with Gasteiger partial charge >= 0.3 is 6.18 Å². The van der Waals surface area contributed by atoms with Crippen LogP contribution in [0.4, 0.5) is 13.2 Å². The molecule has 120 valence electrons. The first-order valence-corrected chi connectivity index (χ1v) is 7.95. The second-order valence-electron chi connectivity index (χ2n) is 5.02. The Bertz CT molecular complexity index is 712. The van der Waals surface area contributed by atoms with Crippen LogP contribution in [0.1, 0.15) is 26.7 Å². The van der Waals surface area contributed by atoms with Crippen LogP contribution >= 0.6 is 11.8 Å². The molecule has 0 saturated carbocycles. The molecule has 7 heteroatoms. The highest BCUT2D eigenvalue weighted by Gasteiger charge is 2.37. The summed E-state index contributed by atoms with van der Waals surface area (Å²) in [6.45, 7) is 3.42. The van der Waals surface area contributed by atoms with Crippen molar-refractivity contribution >= 4 is 22.7 Å². The van der Waals surface area contributed by atoms with Crippen LogP contribution < -0.4 is 5.56 Å². The summed E-state index contributed by atoms with van der Waals surface area (Å²) in [6.07, 6.45) is -2.77. The number of nitrogens with zero attached hydrogens (tertiary/aromatic N) is 2. The lowest BCUT2D eigenvalue weighted by Crippen LogP contribution is -2.27. The minimum absolute atomic E-state index is 0.127. The van der Waals surface area contributed by atoms with Crippen molar-refractivity contribution in [1.82, 2.24) is 9.55 Å². The van der Waals surface area contributed by atoms with Crippen molar-refractivity contribution in [3.8, 4) is 0 Å². The normalized spacial score (nSPS) is 13.5. The third kappa shape index (κ3) is 3.63. The molecule has 0 spiro atoms. The Labute approximate surface area is 130 Å². The number of thioether (sulfide) groups is 1. The lowest BCUT2D eigenvalue weighted by molar-refractivity contribution is -0.125. The number of aromatic nitrogens is 2. The topological polar surface area (TPSA) is 34.9 Å². The molecule has 1 heterocycles. The van der Waals surface area contributed by atoms with E-state index in [4.69, 9.17) is 0 Å². The molecule has 0 saturated heterocycles. The van der Waals surface area contributed by atoms with E-state index in [0.29, 0.717) is 35.6 Å². The van der Waals surface area contributed by atoms with Gasteiger partial charge in [-0.3, -0.25) is 9.36 Å². The van der Waals surface area contributed by atoms with E-state index in [1.165, 1.54) is 4.57 Å². The van der Waals surface area contributed by atoms with Gasteiger partial charge in [0, 0.05) is 6.54 Å². The van der Waals surface area contributed by atoms with Crippen LogP contribution in [0, 0.1) is 0 Å². The SMILES string of the molecule is CCCCn1c(S[C@H](C)C(F)(F)F)nc2ccccc2c1=O. The summed E-state index contributed by atoms with van der Waals surface area (Å²) >= 11 is 0.583. The Hall–Kier alpha value is -1.50. The van der Waals surface area contributed by atoms with Gasteiger partial charge in [0.2, 0.25) is 0 Å². The van der Waals surface area contributed by atoms with E-state index in [1.54, 1.807) is 24.3 Å². The van der Waals surface area contributed by atoms with Crippen LogP contribution in [0.15, 0.2) is 34.2 Å². The average molecular weight is 330 g/mol. The minimum atomic E-state index is -4.33. The third-order valence-corrected chi connectivity index (χ3v) is 4.45. The maximum absolute atomic E-state index is 12.8. The van der Waals surface area contributed by atoms with E-state index >= 15 is 0 Å². The van der Waals surface area contributed by atoms with Gasteiger partial charge < -0.3 is 0 Å². The summed E-state index contributed by atoms with van der Waals surface area (Å²) in [5.74, 6) is 0. The smallest absolute Gasteiger partial charge is 0.287 e. The Kier molecular flexibility index (Phi) is 5.16. The third-order valence-electron chi connectivity index (χ3n) is 3.31. The summed E-state index contributed by atoms with van der Waals surface area (Å²) in [5.41, 5.74) is 0.146. The van der Waals surface area contributed by atoms with Crippen molar-refractivity contribution in [3.63, 3.8) is 0 Å². The van der Waals surface area contributed by atoms with E-state index in [-0.39, 0.29) is 10.7 Å². The molecule has 22 heavy (non-hydrogen) atoms. The summed E-state index contributed by atoms with van der Waals surface area (Å²) in [4.78, 5) is 16.8. The number of benzene rings is 1. The average Bonchev–Trinajstić information content (AvgIpc) is 2.46. The molecule has 0 radical (unpaired) electrons. The number of unbranched alkanes of at least 4 members (excludes halogenated alkanes) is 1. The van der Waals surface area contributed by atoms with Gasteiger partial charge in [0.05, 0.1) is 10.9 Å². The van der Waals surface area contributed by atoms with E-state index < -0.39 is 11.4 Å². The molecule has 0 bridgehead atoms. The second kappa shape index (κ2) is 6.73. The quantitative estimate of drug-likeness (QED) is 0.607. The van der Waals surface area contributed by atoms with Crippen LogP contribution in [0.5, 0.6) is 0 Å². The second-order valence-corrected chi connectivity index (χ2v) is 6.33. The molecule has 2 aromatic rings. The largest absolute Gasteiger partial charge is 0.400 e. The van der Waals surface area contributed by atoms with Crippen LogP contribution in [0.25, 0.3) is 10.9 Å². The van der Waals surface area contributed by atoms with Crippen molar-refractivity contribution in [3.05, 3.63) is 34.6 Å². The molecule has 0 fully saturated rings. The zero-order chi connectivity index (χ0) is 16.3. The van der Waals surface area contributed by atoms with Crippen molar-refractivity contribution in [2.24, 2.45) is 0 Å². The molecule has 0 unspecified atom stereocenters. The number of fused-ring (bicyclic) bond motifs is 1. The molecule has 2 rings (SSSR count). The van der Waals surface area contributed by atoms with Crippen molar-refractivity contribution in [2.75, 3.05) is 0 Å². The fourth-order valence-electron chi connectivity index (χ4n) is 1.98. The molecule has 0 aliphatic heterocycles. The monoisotopic (exact) mass is 330 g/mol. The maximum atomic E-state index is 12.8. The van der Waals surface area contributed by atoms with Gasteiger partial charge in [0.1, 0.15) is 5.25 Å². The highest BCUT2D eigenvalue weighted by Crippen LogP contribution is 2.34. The van der Waals surface area contributed by atoms with Crippen LogP contribution in [0.2, 0.25) is 0 Å². The Morgan fingerprint density at radius 2 is 2.00 bits per heavy atom. The van der Waals surface area contributed by atoms with Crippen molar-refractivity contribution < 1.29 is 13.2 Å². The van der Waals surface area contributed by atoms with Crippen molar-refractivity contribution in [2.45, 2.75) is 49.8 Å². The summed E-state index contributed by atoms with van der Waals surface area (Å²) in [5, 5.41) is -1.06. The van der Waals surface area contributed by atoms with Gasteiger partial charge in [-0.15, -0.1) is 0 Å². The van der Waals surface area contributed by atoms with Gasteiger partial charge in [0.15, 0.2) is 5.16 Å². The van der Waals surface area contributed by atoms with E-state index in [1.807, 2.05) is 6.92 Å².